The molecule has 8 nitrogen and oxygen atoms in total. The van der Waals surface area contributed by atoms with Gasteiger partial charge in [-0.1, -0.05) is 6.92 Å². The van der Waals surface area contributed by atoms with E-state index in [4.69, 9.17) is 4.74 Å². The van der Waals surface area contributed by atoms with Crippen molar-refractivity contribution in [2.45, 2.75) is 52.5 Å². The minimum Gasteiger partial charge on any atom is -0.449 e. The number of benzene rings is 1. The van der Waals surface area contributed by atoms with E-state index >= 15 is 0 Å². The fourth-order valence-corrected chi connectivity index (χ4v) is 4.02. The lowest BCUT2D eigenvalue weighted by Crippen LogP contribution is -2.42. The van der Waals surface area contributed by atoms with Crippen LogP contribution < -0.4 is 14.5 Å². The molecule has 1 heterocycles. The van der Waals surface area contributed by atoms with Crippen LogP contribution in [0.1, 0.15) is 46.5 Å². The molecule has 0 spiro atoms. The number of ether oxygens (including phenoxy) is 1. The van der Waals surface area contributed by atoms with Crippen LogP contribution >= 0.6 is 0 Å². The largest absolute Gasteiger partial charge is 0.511 e. The third-order valence-electron chi connectivity index (χ3n) is 5.84. The van der Waals surface area contributed by atoms with Gasteiger partial charge in [0, 0.05) is 31.7 Å². The van der Waals surface area contributed by atoms with Crippen molar-refractivity contribution in [1.29, 1.82) is 0 Å². The Hall–Kier alpha value is -3.03. The highest BCUT2D eigenvalue weighted by Crippen LogP contribution is 2.35. The third-order valence-corrected chi connectivity index (χ3v) is 5.84. The summed E-state index contributed by atoms with van der Waals surface area (Å²) >= 11 is 0. The van der Waals surface area contributed by atoms with Crippen LogP contribution in [0.2, 0.25) is 0 Å². The van der Waals surface area contributed by atoms with Crippen molar-refractivity contribution in [3.63, 3.8) is 0 Å². The first kappa shape index (κ1) is 22.7. The molecule has 31 heavy (non-hydrogen) atoms. The van der Waals surface area contributed by atoms with Gasteiger partial charge in [-0.05, 0) is 69.7 Å². The van der Waals surface area contributed by atoms with Gasteiger partial charge in [0.25, 0.3) is 0 Å². The molecule has 0 aliphatic heterocycles. The number of anilines is 2. The minimum atomic E-state index is -1.44. The Morgan fingerprint density at radius 3 is 2.26 bits per heavy atom. The monoisotopic (exact) mass is 428 g/mol. The van der Waals surface area contributed by atoms with Crippen molar-refractivity contribution in [3.05, 3.63) is 30.5 Å². The van der Waals surface area contributed by atoms with Crippen molar-refractivity contribution in [3.8, 4) is 11.4 Å². The second kappa shape index (κ2) is 9.41. The highest BCUT2D eigenvalue weighted by Gasteiger charge is 2.34. The van der Waals surface area contributed by atoms with Gasteiger partial charge in [-0.2, -0.15) is 0 Å². The molecular formula is C23H32N4O4. The second-order valence-corrected chi connectivity index (χ2v) is 8.80. The van der Waals surface area contributed by atoms with Gasteiger partial charge in [0.15, 0.2) is 5.75 Å². The van der Waals surface area contributed by atoms with Gasteiger partial charge in [0.1, 0.15) is 0 Å². The Kier molecular flexibility index (Phi) is 6.87. The first-order valence-electron chi connectivity index (χ1n) is 10.8. The maximum Gasteiger partial charge on any atom is 0.511 e. The maximum atomic E-state index is 13.4. The van der Waals surface area contributed by atoms with Gasteiger partial charge in [0.05, 0.1) is 11.9 Å². The topological polar surface area (TPSA) is 87.9 Å². The predicted octanol–water partition coefficient (Wildman–Crippen LogP) is 4.56. The molecule has 0 bridgehead atoms. The lowest BCUT2D eigenvalue weighted by Gasteiger charge is -2.32. The zero-order valence-corrected chi connectivity index (χ0v) is 18.9. The number of carbonyl (C=O) groups excluding carboxylic acids is 1. The quantitative estimate of drug-likeness (QED) is 0.679. The van der Waals surface area contributed by atoms with Crippen molar-refractivity contribution in [2.24, 2.45) is 11.8 Å². The molecule has 1 aliphatic rings. The van der Waals surface area contributed by atoms with E-state index in [1.165, 1.54) is 6.20 Å². The highest BCUT2D eigenvalue weighted by atomic mass is 16.7. The highest BCUT2D eigenvalue weighted by molar-refractivity contribution is 5.96. The number of carbonyl (C=O) groups is 2. The summed E-state index contributed by atoms with van der Waals surface area (Å²) in [7, 11) is 3.91. The van der Waals surface area contributed by atoms with Crippen molar-refractivity contribution >= 4 is 23.6 Å². The number of rotatable bonds is 6. The number of aromatic nitrogens is 2. The first-order valence-corrected chi connectivity index (χ1v) is 10.8. The van der Waals surface area contributed by atoms with E-state index in [-0.39, 0.29) is 29.4 Å². The summed E-state index contributed by atoms with van der Waals surface area (Å²) in [6, 6.07) is 7.48. The minimum absolute atomic E-state index is 0.0228. The van der Waals surface area contributed by atoms with E-state index in [9.17, 15) is 14.7 Å². The summed E-state index contributed by atoms with van der Waals surface area (Å²) in [5.41, 5.74) is 1.78. The van der Waals surface area contributed by atoms with Gasteiger partial charge < -0.3 is 14.7 Å². The lowest BCUT2D eigenvalue weighted by atomic mass is 9.82. The number of carboxylic acid groups (broad SMARTS) is 1. The van der Waals surface area contributed by atoms with Crippen LogP contribution in [0.15, 0.2) is 30.5 Å². The van der Waals surface area contributed by atoms with E-state index in [2.05, 4.69) is 12.0 Å². The molecule has 0 radical (unpaired) electrons. The van der Waals surface area contributed by atoms with E-state index in [0.717, 1.165) is 37.1 Å². The first-order chi connectivity index (χ1) is 14.7. The lowest BCUT2D eigenvalue weighted by molar-refractivity contribution is -0.124. The number of hydrogen-bond acceptors (Lipinski definition) is 5. The molecule has 1 amide bonds. The molecule has 1 N–H and O–H groups in total. The Morgan fingerprint density at radius 1 is 1.13 bits per heavy atom. The van der Waals surface area contributed by atoms with Crippen LogP contribution in [-0.4, -0.2) is 47.1 Å². The average Bonchev–Trinajstić information content (AvgIpc) is 3.11. The molecule has 0 unspecified atom stereocenters. The van der Waals surface area contributed by atoms with Crippen LogP contribution in [0.3, 0.4) is 0 Å². The standard InChI is InChI=1S/C23H32N4O4/c1-15(2)27(22(28)17-8-6-16(3)7-9-17)21-20(31-23(29)30)14-26(24-21)19-12-10-18(11-13-19)25(4)5/h10-17H,6-9H2,1-5H3,(H,29,30). The van der Waals surface area contributed by atoms with E-state index in [0.29, 0.717) is 5.92 Å². The van der Waals surface area contributed by atoms with E-state index in [1.54, 1.807) is 9.58 Å². The van der Waals surface area contributed by atoms with E-state index < -0.39 is 6.16 Å². The van der Waals surface area contributed by atoms with Gasteiger partial charge in [-0.15, -0.1) is 5.10 Å². The van der Waals surface area contributed by atoms with Crippen LogP contribution in [0.5, 0.6) is 5.75 Å². The zero-order chi connectivity index (χ0) is 22.7. The SMILES string of the molecule is CC1CCC(C(=O)N(c2nn(-c3ccc(N(C)C)cc3)cc2OC(=O)O)C(C)C)CC1. The molecule has 3 rings (SSSR count). The molecule has 1 aromatic heterocycles. The van der Waals surface area contributed by atoms with Crippen molar-refractivity contribution in [1.82, 2.24) is 9.78 Å². The van der Waals surface area contributed by atoms with E-state index in [1.807, 2.05) is 57.1 Å². The Bertz CT molecular complexity index is 912. The molecular weight excluding hydrogens is 396 g/mol. The maximum absolute atomic E-state index is 13.4. The molecule has 168 valence electrons. The fourth-order valence-electron chi connectivity index (χ4n) is 4.02. The summed E-state index contributed by atoms with van der Waals surface area (Å²) in [6.07, 6.45) is 3.79. The van der Waals surface area contributed by atoms with Crippen molar-refractivity contribution in [2.75, 3.05) is 23.9 Å². The van der Waals surface area contributed by atoms with Gasteiger partial charge in [-0.25, -0.2) is 9.48 Å². The second-order valence-electron chi connectivity index (χ2n) is 8.80. The van der Waals surface area contributed by atoms with Crippen LogP contribution in [0.4, 0.5) is 16.3 Å². The summed E-state index contributed by atoms with van der Waals surface area (Å²) in [4.78, 5) is 28.3. The molecule has 1 saturated carbocycles. The van der Waals surface area contributed by atoms with Gasteiger partial charge in [-0.3, -0.25) is 9.69 Å². The van der Waals surface area contributed by atoms with Crippen LogP contribution in [0.25, 0.3) is 5.69 Å². The zero-order valence-electron chi connectivity index (χ0n) is 18.9. The Morgan fingerprint density at radius 2 is 1.74 bits per heavy atom. The number of amides is 1. The molecule has 1 aromatic carbocycles. The molecule has 1 aliphatic carbocycles. The van der Waals surface area contributed by atoms with Gasteiger partial charge in [0.2, 0.25) is 11.7 Å². The molecule has 0 atom stereocenters. The average molecular weight is 429 g/mol. The van der Waals surface area contributed by atoms with Gasteiger partial charge >= 0.3 is 6.16 Å². The van der Waals surface area contributed by atoms with Crippen LogP contribution in [0, 0.1) is 11.8 Å². The Labute approximate surface area is 183 Å². The summed E-state index contributed by atoms with van der Waals surface area (Å²) in [5.74, 6) is 0.811. The summed E-state index contributed by atoms with van der Waals surface area (Å²) < 4.78 is 6.58. The molecule has 8 heteroatoms. The fraction of sp³-hybridized carbons (Fsp3) is 0.522. The smallest absolute Gasteiger partial charge is 0.449 e. The normalized spacial score (nSPS) is 18.6. The number of hydrogen-bond donors (Lipinski definition) is 1. The summed E-state index contributed by atoms with van der Waals surface area (Å²) in [6.45, 7) is 6.01. The molecule has 2 aromatic rings. The number of nitrogens with zero attached hydrogens (tertiary/aromatic N) is 4. The Balaban J connectivity index is 1.97. The third kappa shape index (κ3) is 5.18. The van der Waals surface area contributed by atoms with Crippen LogP contribution in [-0.2, 0) is 4.79 Å². The predicted molar refractivity (Wildman–Crippen MR) is 120 cm³/mol. The molecule has 0 saturated heterocycles. The summed E-state index contributed by atoms with van der Waals surface area (Å²) in [5, 5.41) is 13.8. The van der Waals surface area contributed by atoms with Crippen molar-refractivity contribution < 1.29 is 19.4 Å². The molecule has 1 fully saturated rings.